The Labute approximate surface area is 134 Å². The topological polar surface area (TPSA) is 104 Å². The fraction of sp³-hybridized carbons (Fsp3) is 0.333. The first kappa shape index (κ1) is 17.9. The maximum absolute atomic E-state index is 11.0. The van der Waals surface area contributed by atoms with Crippen LogP contribution in [-0.2, 0) is 0 Å². The standard InChI is InChI=1S/C12H14N2O4S3/c1-2-19-11(13)5-6-20-21-8-3-4-10(14(17)18)9(7-8)12(15)16/h3-4,7,13H,2,5-6H2,1H3,(H,15,16). The van der Waals surface area contributed by atoms with Gasteiger partial charge in [0.05, 0.1) is 9.97 Å². The predicted octanol–water partition coefficient (Wildman–Crippen LogP) is 4.15. The average molecular weight is 346 g/mol. The Morgan fingerprint density at radius 1 is 1.48 bits per heavy atom. The number of carboxylic acids is 1. The number of thioether (sulfide) groups is 1. The molecule has 0 bridgehead atoms. The SMILES string of the molecule is CCSC(=N)CCSSc1ccc([N+](=O)[O-])c(C(=O)O)c1. The van der Waals surface area contributed by atoms with Gasteiger partial charge in [0.2, 0.25) is 0 Å². The minimum absolute atomic E-state index is 0.306. The van der Waals surface area contributed by atoms with E-state index >= 15 is 0 Å². The highest BCUT2D eigenvalue weighted by Crippen LogP contribution is 2.34. The first-order chi connectivity index (χ1) is 9.95. The van der Waals surface area contributed by atoms with E-state index in [0.717, 1.165) is 11.5 Å². The van der Waals surface area contributed by atoms with Crippen molar-refractivity contribution in [2.45, 2.75) is 18.2 Å². The van der Waals surface area contributed by atoms with E-state index in [1.807, 2.05) is 6.92 Å². The molecule has 0 radical (unpaired) electrons. The van der Waals surface area contributed by atoms with Gasteiger partial charge in [-0.15, -0.1) is 11.8 Å². The zero-order valence-electron chi connectivity index (χ0n) is 11.2. The number of nitro benzene ring substituents is 1. The van der Waals surface area contributed by atoms with E-state index in [4.69, 9.17) is 10.5 Å². The maximum atomic E-state index is 11.0. The Balaban J connectivity index is 2.61. The molecule has 1 aromatic rings. The number of nitro groups is 1. The summed E-state index contributed by atoms with van der Waals surface area (Å²) in [7, 11) is 2.85. The zero-order valence-corrected chi connectivity index (χ0v) is 13.6. The summed E-state index contributed by atoms with van der Waals surface area (Å²) in [5.74, 6) is 0.298. The minimum Gasteiger partial charge on any atom is -0.477 e. The third-order valence-corrected chi connectivity index (χ3v) is 5.49. The summed E-state index contributed by atoms with van der Waals surface area (Å²) in [5.41, 5.74) is -0.710. The summed E-state index contributed by atoms with van der Waals surface area (Å²) in [6.07, 6.45) is 0.662. The van der Waals surface area contributed by atoms with Crippen molar-refractivity contribution in [2.24, 2.45) is 0 Å². The normalized spacial score (nSPS) is 10.3. The van der Waals surface area contributed by atoms with Gasteiger partial charge in [0.15, 0.2) is 0 Å². The molecule has 0 aliphatic rings. The van der Waals surface area contributed by atoms with Crippen molar-refractivity contribution >= 4 is 50.1 Å². The van der Waals surface area contributed by atoms with Gasteiger partial charge in [0.1, 0.15) is 5.56 Å². The molecule has 0 saturated heterocycles. The van der Waals surface area contributed by atoms with Crippen molar-refractivity contribution in [3.63, 3.8) is 0 Å². The van der Waals surface area contributed by atoms with Gasteiger partial charge >= 0.3 is 5.97 Å². The molecule has 114 valence electrons. The van der Waals surface area contributed by atoms with E-state index in [1.165, 1.54) is 51.5 Å². The lowest BCUT2D eigenvalue weighted by molar-refractivity contribution is -0.385. The molecule has 0 aromatic heterocycles. The summed E-state index contributed by atoms with van der Waals surface area (Å²) in [5, 5.41) is 28.0. The highest BCUT2D eigenvalue weighted by Gasteiger charge is 2.20. The number of hydrogen-bond donors (Lipinski definition) is 2. The van der Waals surface area contributed by atoms with Crippen molar-refractivity contribution in [1.29, 1.82) is 5.41 Å². The number of nitrogens with one attached hydrogen (secondary N) is 1. The molecule has 0 heterocycles. The van der Waals surface area contributed by atoms with Crippen molar-refractivity contribution in [3.05, 3.63) is 33.9 Å². The summed E-state index contributed by atoms with van der Waals surface area (Å²) in [6, 6.07) is 4.06. The Morgan fingerprint density at radius 3 is 2.76 bits per heavy atom. The van der Waals surface area contributed by atoms with E-state index < -0.39 is 16.6 Å². The second-order valence-corrected chi connectivity index (χ2v) is 7.60. The molecule has 0 aliphatic carbocycles. The molecule has 0 fully saturated rings. The molecule has 2 N–H and O–H groups in total. The number of hydrogen-bond acceptors (Lipinski definition) is 7. The Hall–Kier alpha value is -1.19. The molecule has 0 spiro atoms. The average Bonchev–Trinajstić information content (AvgIpc) is 2.43. The van der Waals surface area contributed by atoms with Gasteiger partial charge < -0.3 is 5.11 Å². The Kier molecular flexibility index (Phi) is 7.62. The van der Waals surface area contributed by atoms with Crippen LogP contribution in [0.25, 0.3) is 0 Å². The second-order valence-electron chi connectivity index (χ2n) is 3.75. The van der Waals surface area contributed by atoms with Crippen molar-refractivity contribution in [1.82, 2.24) is 0 Å². The smallest absolute Gasteiger partial charge is 0.342 e. The van der Waals surface area contributed by atoms with Crippen LogP contribution < -0.4 is 0 Å². The van der Waals surface area contributed by atoms with E-state index in [9.17, 15) is 14.9 Å². The van der Waals surface area contributed by atoms with Crippen molar-refractivity contribution in [3.8, 4) is 0 Å². The van der Waals surface area contributed by atoms with E-state index in [2.05, 4.69) is 0 Å². The Morgan fingerprint density at radius 2 is 2.19 bits per heavy atom. The summed E-state index contributed by atoms with van der Waals surface area (Å²) < 4.78 is 0. The van der Waals surface area contributed by atoms with Crippen molar-refractivity contribution < 1.29 is 14.8 Å². The molecule has 1 aromatic carbocycles. The number of carboxylic acid groups (broad SMARTS) is 1. The van der Waals surface area contributed by atoms with Crippen LogP contribution in [0.3, 0.4) is 0 Å². The molecule has 0 saturated carbocycles. The van der Waals surface area contributed by atoms with E-state index in [0.29, 0.717) is 16.4 Å². The summed E-state index contributed by atoms with van der Waals surface area (Å²) in [4.78, 5) is 21.7. The fourth-order valence-electron chi connectivity index (χ4n) is 1.39. The van der Waals surface area contributed by atoms with Gasteiger partial charge in [-0.25, -0.2) is 4.79 Å². The Bertz CT molecular complexity index is 551. The highest BCUT2D eigenvalue weighted by atomic mass is 33.1. The van der Waals surface area contributed by atoms with Gasteiger partial charge in [0.25, 0.3) is 5.69 Å². The van der Waals surface area contributed by atoms with E-state index in [-0.39, 0.29) is 5.56 Å². The number of nitrogens with zero attached hydrogens (tertiary/aromatic N) is 1. The van der Waals surface area contributed by atoms with Crippen molar-refractivity contribution in [2.75, 3.05) is 11.5 Å². The summed E-state index contributed by atoms with van der Waals surface area (Å²) in [6.45, 7) is 1.99. The molecule has 6 nitrogen and oxygen atoms in total. The van der Waals surface area contributed by atoms with Crippen LogP contribution in [0.15, 0.2) is 23.1 Å². The first-order valence-electron chi connectivity index (χ1n) is 5.97. The van der Waals surface area contributed by atoms with Gasteiger partial charge in [-0.1, -0.05) is 28.5 Å². The number of rotatable bonds is 8. The lowest BCUT2D eigenvalue weighted by Crippen LogP contribution is -2.02. The minimum atomic E-state index is -1.31. The van der Waals surface area contributed by atoms with E-state index in [1.54, 1.807) is 0 Å². The van der Waals surface area contributed by atoms with Crippen LogP contribution in [-0.4, -0.2) is 32.5 Å². The molecule has 0 aliphatic heterocycles. The molecule has 0 atom stereocenters. The second kappa shape index (κ2) is 8.96. The van der Waals surface area contributed by atoms with Gasteiger partial charge in [0, 0.05) is 23.1 Å². The molecular formula is C12H14N2O4S3. The zero-order chi connectivity index (χ0) is 15.8. The molecule has 1 rings (SSSR count). The number of aromatic carboxylic acids is 1. The molecule has 0 amide bonds. The lowest BCUT2D eigenvalue weighted by Gasteiger charge is -2.04. The molecule has 21 heavy (non-hydrogen) atoms. The predicted molar refractivity (Wildman–Crippen MR) is 88.8 cm³/mol. The summed E-state index contributed by atoms with van der Waals surface area (Å²) >= 11 is 1.50. The molecule has 9 heteroatoms. The third kappa shape index (κ3) is 5.98. The van der Waals surface area contributed by atoms with Gasteiger partial charge in [-0.3, -0.25) is 15.5 Å². The molecule has 0 unspecified atom stereocenters. The van der Waals surface area contributed by atoms with Crippen LogP contribution in [0.4, 0.5) is 5.69 Å². The monoisotopic (exact) mass is 346 g/mol. The van der Waals surface area contributed by atoms with Gasteiger partial charge in [-0.05, 0) is 17.9 Å². The maximum Gasteiger partial charge on any atom is 0.342 e. The van der Waals surface area contributed by atoms with Crippen LogP contribution in [0.1, 0.15) is 23.7 Å². The largest absolute Gasteiger partial charge is 0.477 e. The first-order valence-corrected chi connectivity index (χ1v) is 9.27. The van der Waals surface area contributed by atoms with Crippen LogP contribution >= 0.6 is 33.3 Å². The quantitative estimate of drug-likeness (QED) is 0.182. The fourth-order valence-corrected chi connectivity index (χ4v) is 4.13. The molecular weight excluding hydrogens is 332 g/mol. The van der Waals surface area contributed by atoms with Crippen LogP contribution in [0.2, 0.25) is 0 Å². The van der Waals surface area contributed by atoms with Crippen LogP contribution in [0.5, 0.6) is 0 Å². The third-order valence-electron chi connectivity index (χ3n) is 2.28. The number of carbonyl (C=O) groups is 1. The lowest BCUT2D eigenvalue weighted by atomic mass is 10.2. The van der Waals surface area contributed by atoms with Crippen LogP contribution in [0, 0.1) is 15.5 Å². The highest BCUT2D eigenvalue weighted by molar-refractivity contribution is 8.76. The number of benzene rings is 1. The van der Waals surface area contributed by atoms with Gasteiger partial charge in [-0.2, -0.15) is 0 Å².